The van der Waals surface area contributed by atoms with E-state index in [4.69, 9.17) is 16.7 Å². The minimum Gasteiger partial charge on any atom is -0.480 e. The van der Waals surface area contributed by atoms with E-state index in [0.717, 1.165) is 11.1 Å². The van der Waals surface area contributed by atoms with Crippen molar-refractivity contribution in [2.75, 3.05) is 0 Å². The van der Waals surface area contributed by atoms with Crippen molar-refractivity contribution in [1.29, 1.82) is 0 Å². The van der Waals surface area contributed by atoms with Crippen LogP contribution in [0.5, 0.6) is 0 Å². The quantitative estimate of drug-likeness (QED) is 0.831. The molecule has 0 fully saturated rings. The molecule has 2 aromatic rings. The Bertz CT molecular complexity index is 566. The van der Waals surface area contributed by atoms with E-state index in [-0.39, 0.29) is 0 Å². The second kappa shape index (κ2) is 5.46. The summed E-state index contributed by atoms with van der Waals surface area (Å²) < 4.78 is 0. The first-order valence-electron chi connectivity index (χ1n) is 5.35. The Labute approximate surface area is 116 Å². The van der Waals surface area contributed by atoms with Crippen LogP contribution in [0.2, 0.25) is 5.02 Å². The molecule has 2 aromatic carbocycles. The molecule has 0 aromatic heterocycles. The highest BCUT2D eigenvalue weighted by Crippen LogP contribution is 2.29. The van der Waals surface area contributed by atoms with Crippen LogP contribution < -0.4 is 0 Å². The third kappa shape index (κ3) is 2.68. The van der Waals surface area contributed by atoms with Gasteiger partial charge in [-0.25, -0.2) is 0 Å². The van der Waals surface area contributed by atoms with Crippen molar-refractivity contribution in [1.82, 2.24) is 0 Å². The largest absolute Gasteiger partial charge is 0.480 e. The summed E-state index contributed by atoms with van der Waals surface area (Å²) in [5.74, 6) is -0.955. The van der Waals surface area contributed by atoms with Crippen molar-refractivity contribution in [2.45, 2.75) is 5.25 Å². The first-order chi connectivity index (χ1) is 8.59. The van der Waals surface area contributed by atoms with Crippen LogP contribution in [0, 0.1) is 0 Å². The summed E-state index contributed by atoms with van der Waals surface area (Å²) in [4.78, 5) is 10.8. The van der Waals surface area contributed by atoms with Crippen LogP contribution >= 0.6 is 24.2 Å². The molecule has 0 radical (unpaired) electrons. The second-order valence-corrected chi connectivity index (χ2v) is 4.77. The number of halogens is 1. The molecule has 0 saturated heterocycles. The molecule has 0 aliphatic rings. The number of hydrogen-bond donors (Lipinski definition) is 2. The van der Waals surface area contributed by atoms with E-state index in [1.807, 2.05) is 36.4 Å². The van der Waals surface area contributed by atoms with E-state index in [1.165, 1.54) is 0 Å². The summed E-state index contributed by atoms with van der Waals surface area (Å²) in [6.45, 7) is 0. The van der Waals surface area contributed by atoms with Gasteiger partial charge in [0.1, 0.15) is 5.25 Å². The first kappa shape index (κ1) is 13.0. The number of carboxylic acids is 1. The van der Waals surface area contributed by atoms with Crippen LogP contribution in [0.3, 0.4) is 0 Å². The van der Waals surface area contributed by atoms with E-state index < -0.39 is 11.2 Å². The number of rotatable bonds is 3. The van der Waals surface area contributed by atoms with Gasteiger partial charge in [0.25, 0.3) is 0 Å². The van der Waals surface area contributed by atoms with Gasteiger partial charge in [0.15, 0.2) is 0 Å². The van der Waals surface area contributed by atoms with Gasteiger partial charge in [-0.2, -0.15) is 12.6 Å². The maximum absolute atomic E-state index is 10.8. The molecule has 0 aliphatic heterocycles. The normalized spacial score (nSPS) is 12.1. The topological polar surface area (TPSA) is 37.3 Å². The molecular weight excluding hydrogens is 268 g/mol. The molecule has 0 amide bonds. The average molecular weight is 279 g/mol. The van der Waals surface area contributed by atoms with Crippen molar-refractivity contribution in [3.8, 4) is 11.1 Å². The van der Waals surface area contributed by atoms with Gasteiger partial charge in [0.05, 0.1) is 0 Å². The fourth-order valence-electron chi connectivity index (χ4n) is 1.68. The zero-order chi connectivity index (χ0) is 13.1. The SMILES string of the molecule is O=C(O)C(S)c1ccc(-c2ccccc2Cl)cc1. The van der Waals surface area contributed by atoms with Gasteiger partial charge in [-0.3, -0.25) is 4.79 Å². The van der Waals surface area contributed by atoms with Crippen molar-refractivity contribution >= 4 is 30.2 Å². The molecule has 2 rings (SSSR count). The molecule has 0 aliphatic carbocycles. The molecule has 2 nitrogen and oxygen atoms in total. The number of carbonyl (C=O) groups is 1. The lowest BCUT2D eigenvalue weighted by Crippen LogP contribution is -2.04. The molecule has 0 spiro atoms. The van der Waals surface area contributed by atoms with Crippen LogP contribution in [0.1, 0.15) is 10.8 Å². The summed E-state index contributed by atoms with van der Waals surface area (Å²) in [5, 5.41) is 8.74. The van der Waals surface area contributed by atoms with E-state index in [1.54, 1.807) is 12.1 Å². The molecule has 0 heterocycles. The number of thiol groups is 1. The number of carboxylic acid groups (broad SMARTS) is 1. The molecular formula is C14H11ClO2S. The van der Waals surface area contributed by atoms with Gasteiger partial charge < -0.3 is 5.11 Å². The lowest BCUT2D eigenvalue weighted by Gasteiger charge is -2.08. The molecule has 92 valence electrons. The Morgan fingerprint density at radius 2 is 1.72 bits per heavy atom. The highest BCUT2D eigenvalue weighted by Gasteiger charge is 2.14. The highest BCUT2D eigenvalue weighted by molar-refractivity contribution is 7.81. The third-order valence-electron chi connectivity index (χ3n) is 2.65. The van der Waals surface area contributed by atoms with Crippen molar-refractivity contribution < 1.29 is 9.90 Å². The van der Waals surface area contributed by atoms with Crippen LogP contribution in [-0.2, 0) is 4.79 Å². The van der Waals surface area contributed by atoms with Gasteiger partial charge in [0.2, 0.25) is 0 Å². The predicted molar refractivity (Wildman–Crippen MR) is 76.3 cm³/mol. The smallest absolute Gasteiger partial charge is 0.320 e. The fraction of sp³-hybridized carbons (Fsp3) is 0.0714. The monoisotopic (exact) mass is 278 g/mol. The Morgan fingerprint density at radius 3 is 2.28 bits per heavy atom. The Balaban J connectivity index is 2.34. The van der Waals surface area contributed by atoms with Crippen molar-refractivity contribution in [3.05, 3.63) is 59.1 Å². The van der Waals surface area contributed by atoms with Gasteiger partial charge in [-0.1, -0.05) is 54.1 Å². The molecule has 18 heavy (non-hydrogen) atoms. The number of hydrogen-bond acceptors (Lipinski definition) is 2. The van der Waals surface area contributed by atoms with E-state index in [9.17, 15) is 4.79 Å². The lowest BCUT2D eigenvalue weighted by molar-refractivity contribution is -0.136. The van der Waals surface area contributed by atoms with Crippen LogP contribution in [0.4, 0.5) is 0 Å². The fourth-order valence-corrected chi connectivity index (χ4v) is 2.10. The van der Waals surface area contributed by atoms with Gasteiger partial charge in [-0.15, -0.1) is 0 Å². The van der Waals surface area contributed by atoms with Crippen molar-refractivity contribution in [3.63, 3.8) is 0 Å². The van der Waals surface area contributed by atoms with Crippen LogP contribution in [0.25, 0.3) is 11.1 Å². The molecule has 1 atom stereocenters. The molecule has 1 N–H and O–H groups in total. The van der Waals surface area contributed by atoms with Gasteiger partial charge in [0, 0.05) is 10.6 Å². The maximum Gasteiger partial charge on any atom is 0.320 e. The molecule has 4 heteroatoms. The third-order valence-corrected chi connectivity index (χ3v) is 3.49. The zero-order valence-corrected chi connectivity index (χ0v) is 11.0. The Hall–Kier alpha value is -1.45. The van der Waals surface area contributed by atoms with Crippen LogP contribution in [0.15, 0.2) is 48.5 Å². The zero-order valence-electron chi connectivity index (χ0n) is 9.38. The Morgan fingerprint density at radius 1 is 1.11 bits per heavy atom. The minimum atomic E-state index is -0.955. The summed E-state index contributed by atoms with van der Waals surface area (Å²) in [7, 11) is 0. The summed E-state index contributed by atoms with van der Waals surface area (Å²) in [5.41, 5.74) is 2.54. The lowest BCUT2D eigenvalue weighted by atomic mass is 10.0. The van der Waals surface area contributed by atoms with E-state index in [2.05, 4.69) is 12.6 Å². The van der Waals surface area contributed by atoms with E-state index in [0.29, 0.717) is 10.6 Å². The molecule has 0 saturated carbocycles. The summed E-state index contributed by atoms with van der Waals surface area (Å²) >= 11 is 10.1. The predicted octanol–water partition coefficient (Wildman–Crippen LogP) is 4.06. The van der Waals surface area contributed by atoms with Gasteiger partial charge >= 0.3 is 5.97 Å². The highest BCUT2D eigenvalue weighted by atomic mass is 35.5. The average Bonchev–Trinajstić information content (AvgIpc) is 2.38. The standard InChI is InChI=1S/C14H11ClO2S/c15-12-4-2-1-3-11(12)9-5-7-10(8-6-9)13(18)14(16)17/h1-8,13,18H,(H,16,17). The summed E-state index contributed by atoms with van der Waals surface area (Å²) in [6.07, 6.45) is 0. The summed E-state index contributed by atoms with van der Waals surface area (Å²) in [6, 6.07) is 14.7. The van der Waals surface area contributed by atoms with Gasteiger partial charge in [-0.05, 0) is 17.2 Å². The first-order valence-corrected chi connectivity index (χ1v) is 6.25. The molecule has 1 unspecified atom stereocenters. The maximum atomic E-state index is 10.8. The Kier molecular flexibility index (Phi) is 3.94. The minimum absolute atomic E-state index is 0.654. The number of benzene rings is 2. The van der Waals surface area contributed by atoms with Crippen molar-refractivity contribution in [2.24, 2.45) is 0 Å². The second-order valence-electron chi connectivity index (χ2n) is 3.84. The molecule has 0 bridgehead atoms. The van der Waals surface area contributed by atoms with Crippen LogP contribution in [-0.4, -0.2) is 11.1 Å². The van der Waals surface area contributed by atoms with E-state index >= 15 is 0 Å². The number of aliphatic carboxylic acids is 1.